The molecule has 4 heteroatoms. The molecule has 0 spiro atoms. The first-order chi connectivity index (χ1) is 11.7. The number of amides is 1. The fourth-order valence-corrected chi connectivity index (χ4v) is 2.97. The van der Waals surface area contributed by atoms with Gasteiger partial charge in [-0.3, -0.25) is 4.79 Å². The molecule has 0 radical (unpaired) electrons. The Morgan fingerprint density at radius 3 is 2.62 bits per heavy atom. The molecule has 24 heavy (non-hydrogen) atoms. The fraction of sp³-hybridized carbons (Fsp3) is 0.350. The third kappa shape index (κ3) is 4.36. The van der Waals surface area contributed by atoms with E-state index in [9.17, 15) is 4.79 Å². The number of carbonyl (C=O) groups is 1. The summed E-state index contributed by atoms with van der Waals surface area (Å²) in [4.78, 5) is 14.4. The van der Waals surface area contributed by atoms with E-state index in [1.54, 1.807) is 0 Å². The van der Waals surface area contributed by atoms with Crippen molar-refractivity contribution in [2.24, 2.45) is 0 Å². The summed E-state index contributed by atoms with van der Waals surface area (Å²) < 4.78 is 5.47. The Labute approximate surface area is 143 Å². The second-order valence-electron chi connectivity index (χ2n) is 6.20. The topological polar surface area (TPSA) is 41.6 Å². The zero-order valence-corrected chi connectivity index (χ0v) is 14.1. The Morgan fingerprint density at radius 1 is 1.17 bits per heavy atom. The van der Waals surface area contributed by atoms with Crippen LogP contribution in [0.1, 0.15) is 18.9 Å². The number of nitrogens with one attached hydrogen (secondary N) is 1. The van der Waals surface area contributed by atoms with Gasteiger partial charge in [0.2, 0.25) is 5.91 Å². The van der Waals surface area contributed by atoms with Gasteiger partial charge in [0.25, 0.3) is 0 Å². The van der Waals surface area contributed by atoms with Crippen molar-refractivity contribution in [1.29, 1.82) is 0 Å². The zero-order valence-electron chi connectivity index (χ0n) is 14.1. The van der Waals surface area contributed by atoms with Gasteiger partial charge in [-0.25, -0.2) is 0 Å². The second-order valence-corrected chi connectivity index (χ2v) is 6.20. The predicted molar refractivity (Wildman–Crippen MR) is 97.5 cm³/mol. The molecule has 1 heterocycles. The van der Waals surface area contributed by atoms with Gasteiger partial charge in [-0.15, -0.1) is 0 Å². The Balaban J connectivity index is 1.53. The molecule has 1 aliphatic heterocycles. The van der Waals surface area contributed by atoms with E-state index in [1.807, 2.05) is 42.5 Å². The van der Waals surface area contributed by atoms with Gasteiger partial charge in [-0.05, 0) is 43.2 Å². The number of hydrogen-bond donors (Lipinski definition) is 1. The van der Waals surface area contributed by atoms with Crippen LogP contribution in [0.25, 0.3) is 0 Å². The minimum atomic E-state index is 0.0475. The predicted octanol–water partition coefficient (Wildman–Crippen LogP) is 3.48. The number of benzene rings is 2. The molecule has 1 saturated heterocycles. The minimum Gasteiger partial charge on any atom is -0.377 e. The van der Waals surface area contributed by atoms with Crippen LogP contribution in [-0.4, -0.2) is 31.7 Å². The van der Waals surface area contributed by atoms with E-state index in [0.717, 1.165) is 31.9 Å². The first-order valence-electron chi connectivity index (χ1n) is 8.50. The molecule has 126 valence electrons. The summed E-state index contributed by atoms with van der Waals surface area (Å²) >= 11 is 0. The fourth-order valence-electron chi connectivity index (χ4n) is 2.97. The van der Waals surface area contributed by atoms with Crippen molar-refractivity contribution in [3.05, 3.63) is 60.2 Å². The Morgan fingerprint density at radius 2 is 1.92 bits per heavy atom. The van der Waals surface area contributed by atoms with Crippen LogP contribution in [-0.2, 0) is 16.0 Å². The summed E-state index contributed by atoms with van der Waals surface area (Å²) in [7, 11) is 0. The highest BCUT2D eigenvalue weighted by molar-refractivity contribution is 5.91. The normalized spacial score (nSPS) is 17.5. The Bertz CT molecular complexity index is 655. The van der Waals surface area contributed by atoms with Crippen molar-refractivity contribution in [2.75, 3.05) is 30.0 Å². The number of aryl methyl sites for hydroxylation is 1. The van der Waals surface area contributed by atoms with E-state index >= 15 is 0 Å². The van der Waals surface area contributed by atoms with Crippen molar-refractivity contribution in [3.63, 3.8) is 0 Å². The van der Waals surface area contributed by atoms with Crippen LogP contribution in [0.15, 0.2) is 54.6 Å². The van der Waals surface area contributed by atoms with Crippen LogP contribution in [0.3, 0.4) is 0 Å². The van der Waals surface area contributed by atoms with E-state index in [2.05, 4.69) is 29.3 Å². The number of hydrogen-bond acceptors (Lipinski definition) is 3. The van der Waals surface area contributed by atoms with Crippen molar-refractivity contribution in [2.45, 2.75) is 25.8 Å². The molecule has 0 bridgehead atoms. The second kappa shape index (κ2) is 7.97. The molecule has 0 aliphatic carbocycles. The maximum Gasteiger partial charge on any atom is 0.224 e. The van der Waals surface area contributed by atoms with Gasteiger partial charge < -0.3 is 15.0 Å². The Kier molecular flexibility index (Phi) is 5.49. The molecular weight excluding hydrogens is 300 g/mol. The van der Waals surface area contributed by atoms with E-state index in [0.29, 0.717) is 12.5 Å². The van der Waals surface area contributed by atoms with Crippen LogP contribution < -0.4 is 10.2 Å². The number of nitrogens with zero attached hydrogens (tertiary/aromatic N) is 1. The summed E-state index contributed by atoms with van der Waals surface area (Å²) in [6, 6.07) is 18.5. The van der Waals surface area contributed by atoms with Crippen molar-refractivity contribution < 1.29 is 9.53 Å². The lowest BCUT2D eigenvalue weighted by Crippen LogP contribution is -2.43. The monoisotopic (exact) mass is 324 g/mol. The molecule has 0 aromatic heterocycles. The van der Waals surface area contributed by atoms with Crippen molar-refractivity contribution >= 4 is 17.3 Å². The molecule has 2 aromatic carbocycles. The van der Waals surface area contributed by atoms with Crippen LogP contribution in [0.5, 0.6) is 0 Å². The first-order valence-corrected chi connectivity index (χ1v) is 8.50. The maximum atomic E-state index is 12.1. The lowest BCUT2D eigenvalue weighted by molar-refractivity contribution is -0.116. The average Bonchev–Trinajstić information content (AvgIpc) is 2.62. The van der Waals surface area contributed by atoms with E-state index in [4.69, 9.17) is 4.74 Å². The Hall–Kier alpha value is -2.33. The minimum absolute atomic E-state index is 0.0475. The quantitative estimate of drug-likeness (QED) is 0.915. The SMILES string of the molecule is CC1COCCN1c1ccc(NC(=O)CCc2ccccc2)cc1. The van der Waals surface area contributed by atoms with Gasteiger partial charge in [0.15, 0.2) is 0 Å². The molecular formula is C20H24N2O2. The van der Waals surface area contributed by atoms with Gasteiger partial charge in [-0.2, -0.15) is 0 Å². The largest absolute Gasteiger partial charge is 0.377 e. The number of carbonyl (C=O) groups excluding carboxylic acids is 1. The summed E-state index contributed by atoms with van der Waals surface area (Å²) in [5.74, 6) is 0.0475. The van der Waals surface area contributed by atoms with Crippen LogP contribution >= 0.6 is 0 Å². The van der Waals surface area contributed by atoms with Crippen LogP contribution in [0.2, 0.25) is 0 Å². The van der Waals surface area contributed by atoms with Gasteiger partial charge >= 0.3 is 0 Å². The van der Waals surface area contributed by atoms with Crippen LogP contribution in [0, 0.1) is 0 Å². The maximum absolute atomic E-state index is 12.1. The van der Waals surface area contributed by atoms with E-state index < -0.39 is 0 Å². The number of anilines is 2. The molecule has 1 amide bonds. The molecule has 0 saturated carbocycles. The summed E-state index contributed by atoms with van der Waals surface area (Å²) in [5, 5.41) is 2.97. The first kappa shape index (κ1) is 16.5. The summed E-state index contributed by atoms with van der Waals surface area (Å²) in [6.45, 7) is 4.60. The third-order valence-corrected chi connectivity index (χ3v) is 4.33. The van der Waals surface area contributed by atoms with Gasteiger partial charge in [0.05, 0.1) is 13.2 Å². The highest BCUT2D eigenvalue weighted by Crippen LogP contribution is 2.22. The van der Waals surface area contributed by atoms with E-state index in [-0.39, 0.29) is 5.91 Å². The van der Waals surface area contributed by atoms with Crippen molar-refractivity contribution in [3.8, 4) is 0 Å². The van der Waals surface area contributed by atoms with E-state index in [1.165, 1.54) is 11.3 Å². The third-order valence-electron chi connectivity index (χ3n) is 4.33. The van der Waals surface area contributed by atoms with Gasteiger partial charge in [0.1, 0.15) is 0 Å². The smallest absolute Gasteiger partial charge is 0.224 e. The summed E-state index contributed by atoms with van der Waals surface area (Å²) in [5.41, 5.74) is 3.20. The van der Waals surface area contributed by atoms with Crippen LogP contribution in [0.4, 0.5) is 11.4 Å². The standard InChI is InChI=1S/C20H24N2O2/c1-16-15-24-14-13-22(16)19-10-8-18(9-11-19)21-20(23)12-7-17-5-3-2-4-6-17/h2-6,8-11,16H,7,12-15H2,1H3,(H,21,23). The molecule has 1 unspecified atom stereocenters. The summed E-state index contributed by atoms with van der Waals surface area (Å²) in [6.07, 6.45) is 1.25. The molecule has 3 rings (SSSR count). The number of morpholine rings is 1. The average molecular weight is 324 g/mol. The zero-order chi connectivity index (χ0) is 16.8. The molecule has 1 fully saturated rings. The van der Waals surface area contributed by atoms with Gasteiger partial charge in [0, 0.05) is 30.4 Å². The highest BCUT2D eigenvalue weighted by Gasteiger charge is 2.18. The van der Waals surface area contributed by atoms with Gasteiger partial charge in [-0.1, -0.05) is 30.3 Å². The lowest BCUT2D eigenvalue weighted by Gasteiger charge is -2.35. The van der Waals surface area contributed by atoms with Crippen molar-refractivity contribution in [1.82, 2.24) is 0 Å². The lowest BCUT2D eigenvalue weighted by atomic mass is 10.1. The molecule has 1 atom stereocenters. The molecule has 1 N–H and O–H groups in total. The molecule has 1 aliphatic rings. The number of rotatable bonds is 5. The highest BCUT2D eigenvalue weighted by atomic mass is 16.5. The number of ether oxygens (including phenoxy) is 1. The molecule has 2 aromatic rings. The molecule has 4 nitrogen and oxygen atoms in total.